The Balaban J connectivity index is 0.00000576. The molecule has 0 fully saturated rings. The number of hydrogen-bond donors (Lipinski definition) is 3. The van der Waals surface area contributed by atoms with Gasteiger partial charge in [0.05, 0.1) is 18.9 Å². The Hall–Kier alpha value is -0.910. The number of nitrogens with zero attached hydrogens (tertiary/aromatic N) is 1. The molecule has 0 bridgehead atoms. The highest BCUT2D eigenvalue weighted by atomic mass is 127. The molecule has 0 atom stereocenters. The van der Waals surface area contributed by atoms with Crippen molar-refractivity contribution in [1.82, 2.24) is 15.4 Å². The summed E-state index contributed by atoms with van der Waals surface area (Å²) in [7, 11) is -3.34. The maximum atomic E-state index is 12.0. The maximum Gasteiger partial charge on any atom is 0.213 e. The summed E-state index contributed by atoms with van der Waals surface area (Å²) >= 11 is 0. The van der Waals surface area contributed by atoms with E-state index < -0.39 is 10.0 Å². The molecule has 1 aromatic carbocycles. The molecule has 1 rings (SSSR count). The van der Waals surface area contributed by atoms with Gasteiger partial charge in [-0.2, -0.15) is 0 Å². The fourth-order valence-electron chi connectivity index (χ4n) is 1.87. The zero-order valence-corrected chi connectivity index (χ0v) is 18.0. The Labute approximate surface area is 168 Å². The average molecular weight is 484 g/mol. The monoisotopic (exact) mass is 484 g/mol. The van der Waals surface area contributed by atoms with Crippen LogP contribution in [0.25, 0.3) is 0 Å². The molecular formula is C16H29IN4O3S. The predicted molar refractivity (Wildman–Crippen MR) is 113 cm³/mol. The first-order valence-corrected chi connectivity index (χ1v) is 9.83. The molecular weight excluding hydrogens is 455 g/mol. The maximum absolute atomic E-state index is 12.0. The number of aliphatic imine (C=N–C) groups is 1. The minimum Gasteiger partial charge on any atom is -0.380 e. The molecule has 0 saturated carbocycles. The van der Waals surface area contributed by atoms with E-state index in [1.807, 2.05) is 44.2 Å². The van der Waals surface area contributed by atoms with Crippen molar-refractivity contribution >= 4 is 40.0 Å². The normalized spacial score (nSPS) is 11.7. The van der Waals surface area contributed by atoms with Crippen molar-refractivity contribution in [2.24, 2.45) is 4.99 Å². The van der Waals surface area contributed by atoms with Crippen molar-refractivity contribution in [3.63, 3.8) is 0 Å². The lowest BCUT2D eigenvalue weighted by atomic mass is 10.2. The van der Waals surface area contributed by atoms with Crippen LogP contribution in [-0.4, -0.2) is 53.0 Å². The summed E-state index contributed by atoms with van der Waals surface area (Å²) in [5, 5.41) is 6.09. The predicted octanol–water partition coefficient (Wildman–Crippen LogP) is 1.32. The Morgan fingerprint density at radius 3 is 2.52 bits per heavy atom. The zero-order chi connectivity index (χ0) is 17.7. The van der Waals surface area contributed by atoms with E-state index in [0.717, 1.165) is 5.56 Å². The van der Waals surface area contributed by atoms with Crippen LogP contribution in [0, 0.1) is 0 Å². The molecule has 0 amide bonds. The second-order valence-corrected chi connectivity index (χ2v) is 6.94. The summed E-state index contributed by atoms with van der Waals surface area (Å²) in [5.41, 5.74) is 0.930. The number of halogens is 1. The second-order valence-electron chi connectivity index (χ2n) is 5.01. The molecule has 1 aromatic rings. The summed E-state index contributed by atoms with van der Waals surface area (Å²) < 4.78 is 31.8. The fourth-order valence-corrected chi connectivity index (χ4v) is 2.77. The first kappa shape index (κ1) is 24.1. The van der Waals surface area contributed by atoms with Gasteiger partial charge in [-0.3, -0.25) is 4.99 Å². The molecule has 0 heterocycles. The minimum atomic E-state index is -3.34. The number of nitrogens with one attached hydrogen (secondary N) is 3. The summed E-state index contributed by atoms with van der Waals surface area (Å²) in [5.74, 6) is 0.575. The zero-order valence-electron chi connectivity index (χ0n) is 14.8. The molecule has 144 valence electrons. The van der Waals surface area contributed by atoms with Crippen molar-refractivity contribution in [2.45, 2.75) is 20.4 Å². The Morgan fingerprint density at radius 1 is 1.16 bits per heavy atom. The fraction of sp³-hybridized carbons (Fsp3) is 0.562. The van der Waals surface area contributed by atoms with Crippen LogP contribution in [0.5, 0.6) is 0 Å². The Bertz CT molecular complexity index is 582. The average Bonchev–Trinajstić information content (AvgIpc) is 2.58. The van der Waals surface area contributed by atoms with Crippen LogP contribution in [0.1, 0.15) is 19.4 Å². The summed E-state index contributed by atoms with van der Waals surface area (Å²) in [4.78, 5) is 4.32. The van der Waals surface area contributed by atoms with E-state index in [4.69, 9.17) is 4.74 Å². The standard InChI is InChI=1S/C16H28N4O3S.HI/c1-3-17-16(18-10-12-23-4-2)19-11-13-24(21,22)20-14-15-8-6-5-7-9-15;/h5-9,20H,3-4,10-14H2,1-2H3,(H2,17,18,19);1H. The van der Waals surface area contributed by atoms with Crippen LogP contribution in [0.15, 0.2) is 35.3 Å². The molecule has 0 aliphatic heterocycles. The van der Waals surface area contributed by atoms with Gasteiger partial charge in [0, 0.05) is 26.2 Å². The van der Waals surface area contributed by atoms with Gasteiger partial charge in [0.1, 0.15) is 0 Å². The molecule has 0 aliphatic rings. The molecule has 0 radical (unpaired) electrons. The van der Waals surface area contributed by atoms with Crippen LogP contribution in [0.3, 0.4) is 0 Å². The summed E-state index contributed by atoms with van der Waals surface area (Å²) in [6.07, 6.45) is 0. The van der Waals surface area contributed by atoms with Gasteiger partial charge in [0.25, 0.3) is 0 Å². The van der Waals surface area contributed by atoms with E-state index in [-0.39, 0.29) is 36.3 Å². The van der Waals surface area contributed by atoms with E-state index in [9.17, 15) is 8.42 Å². The lowest BCUT2D eigenvalue weighted by Crippen LogP contribution is -2.41. The lowest BCUT2D eigenvalue weighted by molar-refractivity contribution is 0.155. The molecule has 0 aromatic heterocycles. The van der Waals surface area contributed by atoms with Crippen LogP contribution in [0.2, 0.25) is 0 Å². The number of ether oxygens (including phenoxy) is 1. The molecule has 7 nitrogen and oxygen atoms in total. The van der Waals surface area contributed by atoms with Crippen LogP contribution in [-0.2, 0) is 21.3 Å². The van der Waals surface area contributed by atoms with E-state index in [1.54, 1.807) is 0 Å². The van der Waals surface area contributed by atoms with Crippen molar-refractivity contribution < 1.29 is 13.2 Å². The number of guanidine groups is 1. The smallest absolute Gasteiger partial charge is 0.213 e. The van der Waals surface area contributed by atoms with Gasteiger partial charge >= 0.3 is 0 Å². The first-order chi connectivity index (χ1) is 11.6. The van der Waals surface area contributed by atoms with Crippen LogP contribution >= 0.6 is 24.0 Å². The summed E-state index contributed by atoms with van der Waals surface area (Å²) in [6.45, 7) is 6.91. The van der Waals surface area contributed by atoms with E-state index >= 15 is 0 Å². The van der Waals surface area contributed by atoms with Gasteiger partial charge in [0.15, 0.2) is 5.96 Å². The third kappa shape index (κ3) is 12.1. The van der Waals surface area contributed by atoms with Crippen molar-refractivity contribution in [3.05, 3.63) is 35.9 Å². The van der Waals surface area contributed by atoms with Gasteiger partial charge in [-0.1, -0.05) is 30.3 Å². The molecule has 0 saturated heterocycles. The molecule has 9 heteroatoms. The molecule has 25 heavy (non-hydrogen) atoms. The largest absolute Gasteiger partial charge is 0.380 e. The highest BCUT2D eigenvalue weighted by molar-refractivity contribution is 14.0. The summed E-state index contributed by atoms with van der Waals surface area (Å²) in [6, 6.07) is 9.43. The quantitative estimate of drug-likeness (QED) is 0.191. The van der Waals surface area contributed by atoms with Gasteiger partial charge in [-0.15, -0.1) is 24.0 Å². The van der Waals surface area contributed by atoms with Gasteiger partial charge in [-0.25, -0.2) is 13.1 Å². The number of benzene rings is 1. The Kier molecular flexibility index (Phi) is 13.8. The van der Waals surface area contributed by atoms with E-state index in [1.165, 1.54) is 0 Å². The number of hydrogen-bond acceptors (Lipinski definition) is 4. The Morgan fingerprint density at radius 2 is 1.88 bits per heavy atom. The van der Waals surface area contributed by atoms with Gasteiger partial charge in [-0.05, 0) is 19.4 Å². The van der Waals surface area contributed by atoms with Gasteiger partial charge in [0.2, 0.25) is 10.0 Å². The number of rotatable bonds is 11. The highest BCUT2D eigenvalue weighted by Crippen LogP contribution is 1.98. The van der Waals surface area contributed by atoms with Crippen molar-refractivity contribution in [3.8, 4) is 0 Å². The molecule has 3 N–H and O–H groups in total. The SMILES string of the molecule is CCNC(=NCCOCC)NCCS(=O)(=O)NCc1ccccc1.I. The van der Waals surface area contributed by atoms with E-state index in [0.29, 0.717) is 38.8 Å². The minimum absolute atomic E-state index is 0. The molecule has 0 spiro atoms. The van der Waals surface area contributed by atoms with Crippen molar-refractivity contribution in [1.29, 1.82) is 0 Å². The van der Waals surface area contributed by atoms with Crippen LogP contribution in [0.4, 0.5) is 0 Å². The third-order valence-electron chi connectivity index (χ3n) is 3.06. The molecule has 0 aliphatic carbocycles. The van der Waals surface area contributed by atoms with Crippen LogP contribution < -0.4 is 15.4 Å². The number of sulfonamides is 1. The molecule has 0 unspecified atom stereocenters. The second kappa shape index (κ2) is 14.3. The van der Waals surface area contributed by atoms with Gasteiger partial charge < -0.3 is 15.4 Å². The topological polar surface area (TPSA) is 91.8 Å². The lowest BCUT2D eigenvalue weighted by Gasteiger charge is -2.12. The first-order valence-electron chi connectivity index (χ1n) is 8.18. The van der Waals surface area contributed by atoms with Crippen molar-refractivity contribution in [2.75, 3.05) is 38.6 Å². The highest BCUT2D eigenvalue weighted by Gasteiger charge is 2.10. The third-order valence-corrected chi connectivity index (χ3v) is 4.38. The van der Waals surface area contributed by atoms with E-state index in [2.05, 4.69) is 20.3 Å².